The Morgan fingerprint density at radius 3 is 2.56 bits per heavy atom. The van der Waals surface area contributed by atoms with Gasteiger partial charge >= 0.3 is 0 Å². The van der Waals surface area contributed by atoms with Gasteiger partial charge in [-0.3, -0.25) is 4.68 Å². The zero-order valence-corrected chi connectivity index (χ0v) is 17.3. The summed E-state index contributed by atoms with van der Waals surface area (Å²) in [6.45, 7) is 3.87. The van der Waals surface area contributed by atoms with Crippen LogP contribution in [0.15, 0.2) is 29.5 Å². The number of rotatable bonds is 7. The molecule has 2 rings (SSSR count). The van der Waals surface area contributed by atoms with Crippen molar-refractivity contribution in [1.82, 2.24) is 25.4 Å². The molecule has 0 radical (unpaired) electrons. The Hall–Kier alpha value is -2.04. The molecule has 0 saturated carbocycles. The summed E-state index contributed by atoms with van der Waals surface area (Å²) < 4.78 is 12.3. The topological polar surface area (TPSA) is 85.6 Å². The highest BCUT2D eigenvalue weighted by atomic mass is 127. The van der Waals surface area contributed by atoms with Crippen molar-refractivity contribution >= 4 is 29.9 Å². The highest BCUT2D eigenvalue weighted by molar-refractivity contribution is 14.0. The van der Waals surface area contributed by atoms with E-state index in [1.165, 1.54) is 6.33 Å². The molecule has 0 fully saturated rings. The molecule has 25 heavy (non-hydrogen) atoms. The largest absolute Gasteiger partial charge is 0.493 e. The fourth-order valence-electron chi connectivity index (χ4n) is 2.13. The van der Waals surface area contributed by atoms with E-state index in [4.69, 9.17) is 9.47 Å². The average molecular weight is 460 g/mol. The molecule has 0 aliphatic carbocycles. The summed E-state index contributed by atoms with van der Waals surface area (Å²) in [6, 6.07) is 5.77. The highest BCUT2D eigenvalue weighted by Gasteiger charge is 2.06. The molecule has 0 spiro atoms. The van der Waals surface area contributed by atoms with Crippen LogP contribution in [0.4, 0.5) is 0 Å². The van der Waals surface area contributed by atoms with Crippen molar-refractivity contribution in [2.45, 2.75) is 20.0 Å². The summed E-state index contributed by atoms with van der Waals surface area (Å²) in [7, 11) is 5.10. The summed E-state index contributed by atoms with van der Waals surface area (Å²) in [5, 5.41) is 10.5. The van der Waals surface area contributed by atoms with E-state index in [-0.39, 0.29) is 24.0 Å². The first kappa shape index (κ1) is 21.0. The molecule has 0 saturated heterocycles. The molecular weight excluding hydrogens is 435 g/mol. The first-order valence-electron chi connectivity index (χ1n) is 7.73. The van der Waals surface area contributed by atoms with Crippen LogP contribution in [0.2, 0.25) is 0 Å². The van der Waals surface area contributed by atoms with Crippen molar-refractivity contribution in [1.29, 1.82) is 0 Å². The Labute approximate surface area is 165 Å². The summed E-state index contributed by atoms with van der Waals surface area (Å²) in [5.41, 5.74) is 1.03. The van der Waals surface area contributed by atoms with Crippen LogP contribution in [0.1, 0.15) is 18.3 Å². The smallest absolute Gasteiger partial charge is 0.191 e. The van der Waals surface area contributed by atoms with Crippen LogP contribution < -0.4 is 20.1 Å². The number of halogens is 1. The zero-order valence-electron chi connectivity index (χ0n) is 14.9. The number of aliphatic imine (C=N–C) groups is 1. The number of aromatic nitrogens is 3. The third-order valence-electron chi connectivity index (χ3n) is 3.43. The molecule has 0 amide bonds. The van der Waals surface area contributed by atoms with Crippen LogP contribution in [0.5, 0.6) is 11.5 Å². The Bertz CT molecular complexity index is 689. The van der Waals surface area contributed by atoms with Gasteiger partial charge in [0.25, 0.3) is 0 Å². The molecule has 0 unspecified atom stereocenters. The Morgan fingerprint density at radius 1 is 1.20 bits per heavy atom. The van der Waals surface area contributed by atoms with Gasteiger partial charge in [-0.2, -0.15) is 5.10 Å². The lowest BCUT2D eigenvalue weighted by molar-refractivity contribution is 0.354. The lowest BCUT2D eigenvalue weighted by Crippen LogP contribution is -2.37. The third-order valence-corrected chi connectivity index (χ3v) is 3.43. The second kappa shape index (κ2) is 10.7. The van der Waals surface area contributed by atoms with Gasteiger partial charge in [0.15, 0.2) is 17.5 Å². The van der Waals surface area contributed by atoms with E-state index in [0.717, 1.165) is 23.9 Å². The van der Waals surface area contributed by atoms with E-state index in [0.29, 0.717) is 24.6 Å². The van der Waals surface area contributed by atoms with Crippen molar-refractivity contribution in [2.75, 3.05) is 20.8 Å². The molecule has 9 heteroatoms. The molecular formula is C16H25IN6O2. The van der Waals surface area contributed by atoms with Crippen LogP contribution in [-0.2, 0) is 20.1 Å². The van der Waals surface area contributed by atoms with Crippen molar-refractivity contribution < 1.29 is 9.47 Å². The fourth-order valence-corrected chi connectivity index (χ4v) is 2.13. The van der Waals surface area contributed by atoms with E-state index < -0.39 is 0 Å². The molecule has 2 N–H and O–H groups in total. The van der Waals surface area contributed by atoms with Crippen molar-refractivity contribution in [3.05, 3.63) is 35.9 Å². The molecule has 1 aromatic heterocycles. The maximum absolute atomic E-state index is 5.32. The number of hydrogen-bond donors (Lipinski definition) is 2. The summed E-state index contributed by atoms with van der Waals surface area (Å²) >= 11 is 0. The van der Waals surface area contributed by atoms with Crippen molar-refractivity contribution in [2.24, 2.45) is 12.0 Å². The SMILES string of the molecule is CCNC(=NCc1ccc(OC)c(OC)c1)NCc1ncnn1C.I. The Balaban J connectivity index is 0.00000312. The predicted octanol–water partition coefficient (Wildman–Crippen LogP) is 1.71. The fraction of sp³-hybridized carbons (Fsp3) is 0.438. The standard InChI is InChI=1S/C16H24N6O2.HI/c1-5-17-16(19-10-15-20-11-21-22(15)2)18-9-12-6-7-13(23-3)14(8-12)24-4;/h6-8,11H,5,9-10H2,1-4H3,(H2,17,18,19);1H. The number of methoxy groups -OCH3 is 2. The van der Waals surface area contributed by atoms with E-state index in [1.54, 1.807) is 18.9 Å². The average Bonchev–Trinajstić information content (AvgIpc) is 3.02. The molecule has 0 atom stereocenters. The van der Waals surface area contributed by atoms with Gasteiger partial charge in [-0.15, -0.1) is 24.0 Å². The molecule has 0 aliphatic heterocycles. The van der Waals surface area contributed by atoms with Gasteiger partial charge in [0, 0.05) is 13.6 Å². The van der Waals surface area contributed by atoms with Crippen molar-refractivity contribution in [3.8, 4) is 11.5 Å². The number of hydrogen-bond acceptors (Lipinski definition) is 5. The number of benzene rings is 1. The maximum atomic E-state index is 5.32. The van der Waals surface area contributed by atoms with E-state index >= 15 is 0 Å². The minimum absolute atomic E-state index is 0. The minimum Gasteiger partial charge on any atom is -0.493 e. The summed E-state index contributed by atoms with van der Waals surface area (Å²) in [5.74, 6) is 2.96. The number of nitrogens with zero attached hydrogens (tertiary/aromatic N) is 4. The second-order valence-electron chi connectivity index (χ2n) is 5.04. The van der Waals surface area contributed by atoms with Crippen LogP contribution in [0.3, 0.4) is 0 Å². The lowest BCUT2D eigenvalue weighted by Gasteiger charge is -2.12. The van der Waals surface area contributed by atoms with Gasteiger partial charge in [-0.05, 0) is 24.6 Å². The summed E-state index contributed by atoms with van der Waals surface area (Å²) in [4.78, 5) is 8.77. The number of aryl methyl sites for hydroxylation is 1. The minimum atomic E-state index is 0. The van der Waals surface area contributed by atoms with Gasteiger partial charge < -0.3 is 20.1 Å². The van der Waals surface area contributed by atoms with E-state index in [1.807, 2.05) is 32.2 Å². The molecule has 1 aromatic carbocycles. The molecule has 1 heterocycles. The monoisotopic (exact) mass is 460 g/mol. The molecule has 0 bridgehead atoms. The lowest BCUT2D eigenvalue weighted by atomic mass is 10.2. The molecule has 2 aromatic rings. The quantitative estimate of drug-likeness (QED) is 0.372. The Kier molecular flexibility index (Phi) is 9.03. The number of guanidine groups is 1. The number of nitrogens with one attached hydrogen (secondary N) is 2. The molecule has 138 valence electrons. The van der Waals surface area contributed by atoms with Crippen LogP contribution in [0, 0.1) is 0 Å². The van der Waals surface area contributed by atoms with Crippen LogP contribution in [-0.4, -0.2) is 41.5 Å². The zero-order chi connectivity index (χ0) is 17.4. The summed E-state index contributed by atoms with van der Waals surface area (Å²) in [6.07, 6.45) is 1.53. The number of ether oxygens (including phenoxy) is 2. The molecule has 8 nitrogen and oxygen atoms in total. The third kappa shape index (κ3) is 6.07. The maximum Gasteiger partial charge on any atom is 0.191 e. The van der Waals surface area contributed by atoms with Crippen molar-refractivity contribution in [3.63, 3.8) is 0 Å². The second-order valence-corrected chi connectivity index (χ2v) is 5.04. The van der Waals surface area contributed by atoms with E-state index in [2.05, 4.69) is 25.7 Å². The van der Waals surface area contributed by atoms with Crippen LogP contribution in [0.25, 0.3) is 0 Å². The highest BCUT2D eigenvalue weighted by Crippen LogP contribution is 2.27. The Morgan fingerprint density at radius 2 is 1.96 bits per heavy atom. The van der Waals surface area contributed by atoms with Gasteiger partial charge in [0.05, 0.1) is 27.3 Å². The van der Waals surface area contributed by atoms with Gasteiger partial charge in [0.1, 0.15) is 12.2 Å². The first-order valence-corrected chi connectivity index (χ1v) is 7.73. The predicted molar refractivity (Wildman–Crippen MR) is 108 cm³/mol. The van der Waals surface area contributed by atoms with E-state index in [9.17, 15) is 0 Å². The van der Waals surface area contributed by atoms with Gasteiger partial charge in [0.2, 0.25) is 0 Å². The molecule has 0 aliphatic rings. The normalized spacial score (nSPS) is 10.8. The van der Waals surface area contributed by atoms with Gasteiger partial charge in [-0.1, -0.05) is 6.07 Å². The first-order chi connectivity index (χ1) is 11.7. The van der Waals surface area contributed by atoms with Gasteiger partial charge in [-0.25, -0.2) is 9.98 Å². The van der Waals surface area contributed by atoms with Crippen LogP contribution >= 0.6 is 24.0 Å².